The average molecular weight is 278 g/mol. The number of carboxylic acids is 1. The second kappa shape index (κ2) is 5.40. The Morgan fingerprint density at radius 1 is 1.25 bits per heavy atom. The molecule has 2 unspecified atom stereocenters. The van der Waals surface area contributed by atoms with Crippen LogP contribution in [0.25, 0.3) is 0 Å². The van der Waals surface area contributed by atoms with Gasteiger partial charge in [0.15, 0.2) is 0 Å². The lowest BCUT2D eigenvalue weighted by molar-refractivity contribution is 0.0694. The van der Waals surface area contributed by atoms with E-state index < -0.39 is 5.97 Å². The molecule has 6 heteroatoms. The Bertz CT molecular complexity index is 534. The Morgan fingerprint density at radius 2 is 1.85 bits per heavy atom. The van der Waals surface area contributed by atoms with Gasteiger partial charge in [-0.1, -0.05) is 13.8 Å². The Hall–Kier alpha value is -2.24. The highest BCUT2D eigenvalue weighted by atomic mass is 16.4. The first kappa shape index (κ1) is 14.2. The van der Waals surface area contributed by atoms with E-state index in [-0.39, 0.29) is 17.3 Å². The van der Waals surface area contributed by atoms with Gasteiger partial charge in [0.1, 0.15) is 11.3 Å². The van der Waals surface area contributed by atoms with Crippen molar-refractivity contribution < 1.29 is 19.8 Å². The van der Waals surface area contributed by atoms with Gasteiger partial charge < -0.3 is 20.4 Å². The molecule has 1 aromatic rings. The smallest absolute Gasteiger partial charge is 0.339 e. The first-order chi connectivity index (χ1) is 9.38. The van der Waals surface area contributed by atoms with Crippen LogP contribution < -0.4 is 5.32 Å². The Labute approximate surface area is 117 Å². The third-order valence-electron chi connectivity index (χ3n) is 3.75. The van der Waals surface area contributed by atoms with Crippen LogP contribution in [0.15, 0.2) is 18.2 Å². The highest BCUT2D eigenvalue weighted by Crippen LogP contribution is 2.25. The summed E-state index contributed by atoms with van der Waals surface area (Å²) < 4.78 is 0. The van der Waals surface area contributed by atoms with E-state index in [1.165, 1.54) is 18.2 Å². The number of carbonyl (C=O) groups is 2. The second-order valence-corrected chi connectivity index (χ2v) is 5.33. The standard InChI is InChI=1S/C14H18N2O4/c1-8-6-16(7-9(8)2)14(20)15-10-3-4-11(13(18)19)12(17)5-10/h3-5,8-9,17H,6-7H2,1-2H3,(H,15,20)(H,18,19). The molecule has 2 rings (SSSR count). The minimum absolute atomic E-state index is 0.189. The Kier molecular flexibility index (Phi) is 3.83. The van der Waals surface area contributed by atoms with Crippen LogP contribution in [0.3, 0.4) is 0 Å². The molecule has 1 heterocycles. The number of hydrogen-bond acceptors (Lipinski definition) is 3. The maximum absolute atomic E-state index is 12.1. The fourth-order valence-corrected chi connectivity index (χ4v) is 2.29. The van der Waals surface area contributed by atoms with Crippen molar-refractivity contribution in [2.45, 2.75) is 13.8 Å². The summed E-state index contributed by atoms with van der Waals surface area (Å²) >= 11 is 0. The molecule has 1 fully saturated rings. The SMILES string of the molecule is CC1CN(C(=O)Nc2ccc(C(=O)O)c(O)c2)CC1C. The van der Waals surface area contributed by atoms with Gasteiger partial charge in [-0.3, -0.25) is 0 Å². The first-order valence-corrected chi connectivity index (χ1v) is 6.50. The molecule has 0 spiro atoms. The maximum Gasteiger partial charge on any atom is 0.339 e. The van der Waals surface area contributed by atoms with Gasteiger partial charge in [-0.05, 0) is 24.0 Å². The molecule has 1 aliphatic rings. The fourth-order valence-electron chi connectivity index (χ4n) is 2.29. The molecule has 20 heavy (non-hydrogen) atoms. The van der Waals surface area contributed by atoms with Crippen LogP contribution in [0.4, 0.5) is 10.5 Å². The molecule has 1 aromatic carbocycles. The minimum Gasteiger partial charge on any atom is -0.507 e. The van der Waals surface area contributed by atoms with Gasteiger partial charge in [0.2, 0.25) is 0 Å². The van der Waals surface area contributed by atoms with Crippen molar-refractivity contribution in [1.82, 2.24) is 4.90 Å². The number of carbonyl (C=O) groups excluding carboxylic acids is 1. The van der Waals surface area contributed by atoms with Gasteiger partial charge in [-0.15, -0.1) is 0 Å². The number of phenols is 1. The number of amides is 2. The lowest BCUT2D eigenvalue weighted by Crippen LogP contribution is -2.33. The highest BCUT2D eigenvalue weighted by molar-refractivity contribution is 5.94. The minimum atomic E-state index is -1.21. The van der Waals surface area contributed by atoms with Crippen LogP contribution in [-0.4, -0.2) is 40.2 Å². The van der Waals surface area contributed by atoms with Crippen molar-refractivity contribution in [3.05, 3.63) is 23.8 Å². The normalized spacial score (nSPS) is 21.8. The number of carboxylic acid groups (broad SMARTS) is 1. The summed E-state index contributed by atoms with van der Waals surface area (Å²) in [6.45, 7) is 5.61. The summed E-state index contributed by atoms with van der Waals surface area (Å²) in [7, 11) is 0. The number of hydrogen-bond donors (Lipinski definition) is 3. The van der Waals surface area contributed by atoms with Crippen LogP contribution in [0.5, 0.6) is 5.75 Å². The molecule has 0 radical (unpaired) electrons. The predicted octanol–water partition coefficient (Wildman–Crippen LogP) is 2.21. The summed E-state index contributed by atoms with van der Waals surface area (Å²) in [6.07, 6.45) is 0. The van der Waals surface area contributed by atoms with Crippen LogP contribution in [0.2, 0.25) is 0 Å². The number of urea groups is 1. The number of nitrogens with zero attached hydrogens (tertiary/aromatic N) is 1. The van der Waals surface area contributed by atoms with Gasteiger partial charge in [-0.2, -0.15) is 0 Å². The second-order valence-electron chi connectivity index (χ2n) is 5.33. The quantitative estimate of drug-likeness (QED) is 0.773. The van der Waals surface area contributed by atoms with Crippen molar-refractivity contribution in [3.8, 4) is 5.75 Å². The Morgan fingerprint density at radius 3 is 2.35 bits per heavy atom. The molecule has 2 atom stereocenters. The monoisotopic (exact) mass is 278 g/mol. The molecule has 0 aromatic heterocycles. The van der Waals surface area contributed by atoms with Crippen molar-refractivity contribution in [2.24, 2.45) is 11.8 Å². The van der Waals surface area contributed by atoms with Crippen molar-refractivity contribution in [2.75, 3.05) is 18.4 Å². The third-order valence-corrected chi connectivity index (χ3v) is 3.75. The van der Waals surface area contributed by atoms with E-state index in [1.54, 1.807) is 4.90 Å². The Balaban J connectivity index is 2.05. The van der Waals surface area contributed by atoms with E-state index in [2.05, 4.69) is 19.2 Å². The van der Waals surface area contributed by atoms with E-state index >= 15 is 0 Å². The zero-order valence-corrected chi connectivity index (χ0v) is 11.5. The topological polar surface area (TPSA) is 89.9 Å². The number of aromatic carboxylic acids is 1. The van der Waals surface area contributed by atoms with E-state index in [0.717, 1.165) is 0 Å². The number of anilines is 1. The number of rotatable bonds is 2. The van der Waals surface area contributed by atoms with Crippen molar-refractivity contribution in [1.29, 1.82) is 0 Å². The van der Waals surface area contributed by atoms with E-state index in [1.807, 2.05) is 0 Å². The van der Waals surface area contributed by atoms with Crippen molar-refractivity contribution >= 4 is 17.7 Å². The van der Waals surface area contributed by atoms with Gasteiger partial charge in [-0.25, -0.2) is 9.59 Å². The van der Waals surface area contributed by atoms with E-state index in [9.17, 15) is 14.7 Å². The molecule has 2 amide bonds. The summed E-state index contributed by atoms with van der Waals surface area (Å²) in [4.78, 5) is 24.6. The number of likely N-dealkylation sites (tertiary alicyclic amines) is 1. The fraction of sp³-hybridized carbons (Fsp3) is 0.429. The first-order valence-electron chi connectivity index (χ1n) is 6.50. The average Bonchev–Trinajstić information content (AvgIpc) is 2.69. The van der Waals surface area contributed by atoms with Crippen molar-refractivity contribution in [3.63, 3.8) is 0 Å². The van der Waals surface area contributed by atoms with E-state index in [0.29, 0.717) is 30.6 Å². The summed E-state index contributed by atoms with van der Waals surface area (Å²) in [5, 5.41) is 21.1. The summed E-state index contributed by atoms with van der Waals surface area (Å²) in [5.74, 6) is -0.645. The van der Waals surface area contributed by atoms with E-state index in [4.69, 9.17) is 5.11 Å². The van der Waals surface area contributed by atoms with Gasteiger partial charge in [0.25, 0.3) is 0 Å². The molecular formula is C14H18N2O4. The zero-order valence-electron chi connectivity index (χ0n) is 11.5. The zero-order chi connectivity index (χ0) is 14.9. The predicted molar refractivity (Wildman–Crippen MR) is 74.0 cm³/mol. The molecule has 108 valence electrons. The largest absolute Gasteiger partial charge is 0.507 e. The molecule has 1 aliphatic heterocycles. The molecule has 0 bridgehead atoms. The highest BCUT2D eigenvalue weighted by Gasteiger charge is 2.29. The van der Waals surface area contributed by atoms with Crippen LogP contribution in [-0.2, 0) is 0 Å². The number of aromatic hydroxyl groups is 1. The van der Waals surface area contributed by atoms with Crippen LogP contribution in [0, 0.1) is 11.8 Å². The lowest BCUT2D eigenvalue weighted by atomic mass is 10.0. The molecule has 0 aliphatic carbocycles. The molecule has 6 nitrogen and oxygen atoms in total. The lowest BCUT2D eigenvalue weighted by Gasteiger charge is -2.17. The summed E-state index contributed by atoms with van der Waals surface area (Å²) in [5.41, 5.74) is 0.191. The maximum atomic E-state index is 12.1. The molecular weight excluding hydrogens is 260 g/mol. The van der Waals surface area contributed by atoms with Crippen LogP contribution >= 0.6 is 0 Å². The third kappa shape index (κ3) is 2.84. The molecule has 1 saturated heterocycles. The summed E-state index contributed by atoms with van der Waals surface area (Å²) in [6, 6.07) is 3.74. The van der Waals surface area contributed by atoms with Gasteiger partial charge in [0, 0.05) is 24.8 Å². The number of benzene rings is 1. The number of nitrogens with one attached hydrogen (secondary N) is 1. The van der Waals surface area contributed by atoms with Crippen LogP contribution in [0.1, 0.15) is 24.2 Å². The van der Waals surface area contributed by atoms with Gasteiger partial charge >= 0.3 is 12.0 Å². The molecule has 0 saturated carbocycles. The van der Waals surface area contributed by atoms with Gasteiger partial charge in [0.05, 0.1) is 0 Å². The molecule has 3 N–H and O–H groups in total.